The molecule has 1 amide bonds. The lowest BCUT2D eigenvalue weighted by Crippen LogP contribution is -2.15. The van der Waals surface area contributed by atoms with Crippen LogP contribution in [0.1, 0.15) is 10.7 Å². The number of amides is 1. The van der Waals surface area contributed by atoms with Gasteiger partial charge in [0.15, 0.2) is 5.16 Å². The minimum Gasteiger partial charge on any atom is -0.324 e. The van der Waals surface area contributed by atoms with E-state index in [9.17, 15) is 9.18 Å². The number of thioether (sulfide) groups is 1. The first kappa shape index (κ1) is 17.9. The number of benzene rings is 1. The zero-order valence-electron chi connectivity index (χ0n) is 13.2. The van der Waals surface area contributed by atoms with Crippen LogP contribution in [-0.2, 0) is 18.3 Å². The molecule has 0 aliphatic rings. The van der Waals surface area contributed by atoms with Gasteiger partial charge >= 0.3 is 0 Å². The fourth-order valence-corrected chi connectivity index (χ4v) is 3.75. The lowest BCUT2D eigenvalue weighted by Gasteiger charge is -2.07. The summed E-state index contributed by atoms with van der Waals surface area (Å²) >= 11 is 8.85. The average Bonchev–Trinajstić information content (AvgIpc) is 3.20. The summed E-state index contributed by atoms with van der Waals surface area (Å²) in [4.78, 5) is 13.3. The van der Waals surface area contributed by atoms with Gasteiger partial charge in [-0.15, -0.1) is 21.5 Å². The number of aromatic nitrogens is 3. The van der Waals surface area contributed by atoms with E-state index in [1.807, 2.05) is 29.1 Å². The molecule has 0 radical (unpaired) electrons. The molecule has 3 aromatic rings. The molecule has 130 valence electrons. The largest absolute Gasteiger partial charge is 0.324 e. The van der Waals surface area contributed by atoms with Crippen molar-refractivity contribution in [2.75, 3.05) is 11.1 Å². The summed E-state index contributed by atoms with van der Waals surface area (Å²) in [5.74, 6) is 0.293. The highest BCUT2D eigenvalue weighted by molar-refractivity contribution is 7.99. The molecule has 1 N–H and O–H groups in total. The highest BCUT2D eigenvalue weighted by Gasteiger charge is 2.13. The van der Waals surface area contributed by atoms with Gasteiger partial charge in [-0.3, -0.25) is 4.79 Å². The van der Waals surface area contributed by atoms with Crippen LogP contribution < -0.4 is 5.32 Å². The maximum absolute atomic E-state index is 13.0. The first-order chi connectivity index (χ1) is 12.0. The summed E-state index contributed by atoms with van der Waals surface area (Å²) in [7, 11) is 1.88. The van der Waals surface area contributed by atoms with Crippen molar-refractivity contribution in [3.63, 3.8) is 0 Å². The van der Waals surface area contributed by atoms with Crippen LogP contribution in [0.2, 0.25) is 5.02 Å². The molecule has 9 heteroatoms. The third-order valence-electron chi connectivity index (χ3n) is 3.38. The molecular weight excluding hydrogens is 383 g/mol. The third kappa shape index (κ3) is 4.59. The minimum absolute atomic E-state index is 0.151. The summed E-state index contributed by atoms with van der Waals surface area (Å²) in [6.45, 7) is 0. The van der Waals surface area contributed by atoms with Crippen molar-refractivity contribution in [2.24, 2.45) is 7.05 Å². The van der Waals surface area contributed by atoms with Crippen LogP contribution in [0.5, 0.6) is 0 Å². The van der Waals surface area contributed by atoms with Crippen LogP contribution in [0.15, 0.2) is 40.9 Å². The van der Waals surface area contributed by atoms with Gasteiger partial charge in [-0.2, -0.15) is 0 Å². The van der Waals surface area contributed by atoms with Gasteiger partial charge in [0.05, 0.1) is 16.5 Å². The summed E-state index contributed by atoms with van der Waals surface area (Å²) < 4.78 is 14.9. The number of nitrogens with one attached hydrogen (secondary N) is 1. The Hall–Kier alpha value is -1.90. The van der Waals surface area contributed by atoms with Crippen molar-refractivity contribution < 1.29 is 9.18 Å². The second-order valence-corrected chi connectivity index (χ2v) is 7.56. The van der Waals surface area contributed by atoms with E-state index in [2.05, 4.69) is 15.5 Å². The number of anilines is 1. The summed E-state index contributed by atoms with van der Waals surface area (Å²) in [6, 6.07) is 7.88. The quantitative estimate of drug-likeness (QED) is 0.640. The molecule has 0 atom stereocenters. The van der Waals surface area contributed by atoms with Gasteiger partial charge < -0.3 is 9.88 Å². The summed E-state index contributed by atoms with van der Waals surface area (Å²) in [6.07, 6.45) is 0.707. The zero-order chi connectivity index (χ0) is 17.8. The topological polar surface area (TPSA) is 59.8 Å². The normalized spacial score (nSPS) is 10.8. The molecule has 0 aliphatic carbocycles. The fourth-order valence-electron chi connectivity index (χ4n) is 2.10. The Morgan fingerprint density at radius 3 is 2.96 bits per heavy atom. The molecule has 25 heavy (non-hydrogen) atoms. The van der Waals surface area contributed by atoms with Crippen molar-refractivity contribution in [1.29, 1.82) is 0 Å². The van der Waals surface area contributed by atoms with E-state index in [1.54, 1.807) is 11.3 Å². The van der Waals surface area contributed by atoms with Gasteiger partial charge in [0.2, 0.25) is 5.91 Å². The second kappa shape index (κ2) is 7.99. The molecule has 3 rings (SSSR count). The third-order valence-corrected chi connectivity index (χ3v) is 5.58. The Morgan fingerprint density at radius 1 is 1.40 bits per heavy atom. The summed E-state index contributed by atoms with van der Waals surface area (Å²) in [5.41, 5.74) is 0.380. The van der Waals surface area contributed by atoms with E-state index >= 15 is 0 Å². The van der Waals surface area contributed by atoms with E-state index in [0.29, 0.717) is 17.3 Å². The lowest BCUT2D eigenvalue weighted by molar-refractivity contribution is -0.113. The number of nitrogens with zero attached hydrogens (tertiary/aromatic N) is 3. The Labute approximate surface area is 157 Å². The molecule has 0 bridgehead atoms. The molecule has 0 spiro atoms. The number of hydrogen-bond donors (Lipinski definition) is 1. The molecule has 2 heterocycles. The van der Waals surface area contributed by atoms with Crippen LogP contribution in [-0.4, -0.2) is 26.4 Å². The van der Waals surface area contributed by atoms with Crippen molar-refractivity contribution in [3.8, 4) is 0 Å². The van der Waals surface area contributed by atoms with E-state index < -0.39 is 5.82 Å². The van der Waals surface area contributed by atoms with Crippen molar-refractivity contribution in [3.05, 3.63) is 57.3 Å². The van der Waals surface area contributed by atoms with E-state index in [0.717, 1.165) is 11.9 Å². The van der Waals surface area contributed by atoms with Crippen LogP contribution in [0.25, 0.3) is 0 Å². The standard InChI is InChI=1S/C16H14ClFN4OS2/c1-22-14(8-11-3-2-6-24-11)20-21-16(22)25-9-15(23)19-13-5-4-10(18)7-12(13)17/h2-7H,8-9H2,1H3,(H,19,23). The number of carbonyl (C=O) groups is 1. The van der Waals surface area contributed by atoms with Gasteiger partial charge in [0, 0.05) is 18.3 Å². The second-order valence-electron chi connectivity index (χ2n) is 5.17. The Balaban J connectivity index is 1.58. The first-order valence-electron chi connectivity index (χ1n) is 7.31. The maximum Gasteiger partial charge on any atom is 0.234 e. The molecule has 0 unspecified atom stereocenters. The summed E-state index contributed by atoms with van der Waals surface area (Å²) in [5, 5.41) is 13.8. The smallest absolute Gasteiger partial charge is 0.234 e. The monoisotopic (exact) mass is 396 g/mol. The molecule has 0 saturated heterocycles. The van der Waals surface area contributed by atoms with Crippen LogP contribution in [0.4, 0.5) is 10.1 Å². The highest BCUT2D eigenvalue weighted by atomic mass is 35.5. The first-order valence-corrected chi connectivity index (χ1v) is 9.55. The fraction of sp³-hybridized carbons (Fsp3) is 0.188. The van der Waals surface area contributed by atoms with Gasteiger partial charge in [-0.05, 0) is 29.6 Å². The molecule has 0 fully saturated rings. The van der Waals surface area contributed by atoms with Crippen LogP contribution in [0.3, 0.4) is 0 Å². The number of thiophene rings is 1. The van der Waals surface area contributed by atoms with Crippen molar-refractivity contribution in [1.82, 2.24) is 14.8 Å². The number of halogens is 2. The maximum atomic E-state index is 13.0. The van der Waals surface area contributed by atoms with E-state index in [-0.39, 0.29) is 16.7 Å². The highest BCUT2D eigenvalue weighted by Crippen LogP contribution is 2.23. The van der Waals surface area contributed by atoms with Gasteiger partial charge in [-0.25, -0.2) is 4.39 Å². The van der Waals surface area contributed by atoms with Crippen LogP contribution >= 0.6 is 34.7 Å². The number of rotatable bonds is 6. The predicted octanol–water partition coefficient (Wildman–Crippen LogP) is 3.99. The van der Waals surface area contributed by atoms with E-state index in [1.165, 1.54) is 28.8 Å². The molecule has 0 saturated carbocycles. The Kier molecular flexibility index (Phi) is 5.72. The molecule has 5 nitrogen and oxygen atoms in total. The average molecular weight is 397 g/mol. The predicted molar refractivity (Wildman–Crippen MR) is 98.9 cm³/mol. The number of carbonyl (C=O) groups excluding carboxylic acids is 1. The van der Waals surface area contributed by atoms with Crippen molar-refractivity contribution in [2.45, 2.75) is 11.6 Å². The van der Waals surface area contributed by atoms with Gasteiger partial charge in [0.25, 0.3) is 0 Å². The lowest BCUT2D eigenvalue weighted by atomic mass is 10.3. The zero-order valence-corrected chi connectivity index (χ0v) is 15.6. The molecular formula is C16H14ClFN4OS2. The minimum atomic E-state index is -0.449. The Bertz CT molecular complexity index is 882. The Morgan fingerprint density at radius 2 is 2.24 bits per heavy atom. The van der Waals surface area contributed by atoms with Crippen LogP contribution in [0, 0.1) is 5.82 Å². The van der Waals surface area contributed by atoms with E-state index in [4.69, 9.17) is 11.6 Å². The molecule has 1 aromatic carbocycles. The molecule has 0 aliphatic heterocycles. The van der Waals surface area contributed by atoms with Crippen molar-refractivity contribution >= 4 is 46.3 Å². The SMILES string of the molecule is Cn1c(Cc2cccs2)nnc1SCC(=O)Nc1ccc(F)cc1Cl. The molecule has 2 aromatic heterocycles. The van der Waals surface area contributed by atoms with Gasteiger partial charge in [0.1, 0.15) is 11.6 Å². The van der Waals surface area contributed by atoms with Gasteiger partial charge in [-0.1, -0.05) is 29.4 Å². The number of hydrogen-bond acceptors (Lipinski definition) is 5.